The highest BCUT2D eigenvalue weighted by atomic mass is 32.1. The Kier molecular flexibility index (Phi) is 5.82. The zero-order valence-electron chi connectivity index (χ0n) is 16.6. The maximum Gasteiger partial charge on any atom is 0.240 e. The number of anilines is 2. The topological polar surface area (TPSA) is 57.7 Å². The fourth-order valence-electron chi connectivity index (χ4n) is 3.93. The predicted octanol–water partition coefficient (Wildman–Crippen LogP) is 3.04. The maximum atomic E-state index is 12.5. The fraction of sp³-hybridized carbons (Fsp3) is 0.524. The minimum atomic E-state index is 0.0361. The van der Waals surface area contributed by atoms with Gasteiger partial charge in [-0.05, 0) is 37.3 Å². The van der Waals surface area contributed by atoms with Gasteiger partial charge in [-0.15, -0.1) is 11.3 Å². The normalized spacial score (nSPS) is 19.9. The summed E-state index contributed by atoms with van der Waals surface area (Å²) >= 11 is 1.65. The molecule has 2 aromatic rings. The third-order valence-corrected chi connectivity index (χ3v) is 6.63. The number of rotatable bonds is 5. The van der Waals surface area contributed by atoms with Crippen molar-refractivity contribution in [3.05, 3.63) is 34.8 Å². The van der Waals surface area contributed by atoms with Crippen LogP contribution in [0.5, 0.6) is 5.75 Å². The van der Waals surface area contributed by atoms with Crippen LogP contribution < -0.4 is 15.0 Å². The Bertz CT molecular complexity index is 830. The predicted molar refractivity (Wildman–Crippen MR) is 114 cm³/mol. The monoisotopic (exact) mass is 400 g/mol. The van der Waals surface area contributed by atoms with E-state index in [-0.39, 0.29) is 5.91 Å². The minimum absolute atomic E-state index is 0.0361. The van der Waals surface area contributed by atoms with E-state index in [1.807, 2.05) is 12.1 Å². The first-order valence-corrected chi connectivity index (χ1v) is 10.8. The molecule has 1 aliphatic carbocycles. The second kappa shape index (κ2) is 8.49. The molecule has 0 radical (unpaired) electrons. The third-order valence-electron chi connectivity index (χ3n) is 5.59. The van der Waals surface area contributed by atoms with Crippen LogP contribution in [0.15, 0.2) is 24.3 Å². The van der Waals surface area contributed by atoms with E-state index in [4.69, 9.17) is 4.74 Å². The van der Waals surface area contributed by atoms with E-state index in [0.717, 1.165) is 55.8 Å². The molecule has 1 aromatic heterocycles. The first-order chi connectivity index (χ1) is 13.6. The summed E-state index contributed by atoms with van der Waals surface area (Å²) in [5, 5.41) is 3.78. The number of fused-ring (bicyclic) bond motifs is 1. The zero-order valence-corrected chi connectivity index (χ0v) is 17.4. The Morgan fingerprint density at radius 1 is 1.32 bits per heavy atom. The van der Waals surface area contributed by atoms with Crippen molar-refractivity contribution in [2.24, 2.45) is 5.92 Å². The molecule has 0 spiro atoms. The van der Waals surface area contributed by atoms with E-state index in [9.17, 15) is 4.79 Å². The van der Waals surface area contributed by atoms with Crippen LogP contribution in [0.3, 0.4) is 0 Å². The molecular weight excluding hydrogens is 372 g/mol. The number of hydrogen-bond donors (Lipinski definition) is 1. The summed E-state index contributed by atoms with van der Waals surface area (Å²) in [6.45, 7) is 6.26. The molecule has 0 bridgehead atoms. The maximum absolute atomic E-state index is 12.5. The number of thiazole rings is 1. The number of nitrogens with zero attached hydrogens (tertiary/aromatic N) is 3. The first kappa shape index (κ1) is 19.2. The molecule has 0 unspecified atom stereocenters. The first-order valence-electron chi connectivity index (χ1n) is 10.0. The standard InChI is InChI=1S/C21H28N4O2S/c1-15-6-7-18-19(12-15)28-21(22-18)23-20(26)14-24-8-10-25(11-9-24)16-4-3-5-17(13-16)27-2/h3-5,13,15H,6-12,14H2,1-2H3,(H,22,23,26)/t15-/m1/s1. The van der Waals surface area contributed by atoms with Gasteiger partial charge in [0, 0.05) is 42.8 Å². The van der Waals surface area contributed by atoms with Crippen LogP contribution in [0, 0.1) is 5.92 Å². The lowest BCUT2D eigenvalue weighted by molar-refractivity contribution is -0.117. The van der Waals surface area contributed by atoms with Gasteiger partial charge in [0.05, 0.1) is 19.3 Å². The molecule has 1 fully saturated rings. The smallest absolute Gasteiger partial charge is 0.240 e. The summed E-state index contributed by atoms with van der Waals surface area (Å²) < 4.78 is 5.32. The number of aromatic nitrogens is 1. The van der Waals surface area contributed by atoms with Crippen molar-refractivity contribution in [3.63, 3.8) is 0 Å². The van der Waals surface area contributed by atoms with Crippen LogP contribution in [0.4, 0.5) is 10.8 Å². The SMILES string of the molecule is COc1cccc(N2CCN(CC(=O)Nc3nc4c(s3)C[C@H](C)CC4)CC2)c1. The fourth-order valence-corrected chi connectivity index (χ4v) is 5.11. The number of amides is 1. The van der Waals surface area contributed by atoms with Gasteiger partial charge in [0.25, 0.3) is 0 Å². The van der Waals surface area contributed by atoms with Gasteiger partial charge >= 0.3 is 0 Å². The van der Waals surface area contributed by atoms with Crippen LogP contribution in [0.25, 0.3) is 0 Å². The number of methoxy groups -OCH3 is 1. The number of aryl methyl sites for hydroxylation is 1. The van der Waals surface area contributed by atoms with Gasteiger partial charge < -0.3 is 15.0 Å². The van der Waals surface area contributed by atoms with Crippen LogP contribution in [-0.4, -0.2) is 55.6 Å². The molecule has 1 atom stereocenters. The largest absolute Gasteiger partial charge is 0.497 e. The summed E-state index contributed by atoms with van der Waals surface area (Å²) in [5.41, 5.74) is 2.36. The number of carbonyl (C=O) groups excluding carboxylic acids is 1. The molecule has 28 heavy (non-hydrogen) atoms. The Labute approximate surface area is 170 Å². The number of nitrogens with one attached hydrogen (secondary N) is 1. The molecule has 0 saturated carbocycles. The van der Waals surface area contributed by atoms with Crippen molar-refractivity contribution in [1.82, 2.24) is 9.88 Å². The van der Waals surface area contributed by atoms with Crippen molar-refractivity contribution >= 4 is 28.1 Å². The van der Waals surface area contributed by atoms with Gasteiger partial charge in [-0.25, -0.2) is 4.98 Å². The molecule has 2 heterocycles. The highest BCUT2D eigenvalue weighted by Gasteiger charge is 2.22. The Balaban J connectivity index is 1.27. The third kappa shape index (κ3) is 4.47. The number of hydrogen-bond acceptors (Lipinski definition) is 6. The van der Waals surface area contributed by atoms with Crippen LogP contribution in [-0.2, 0) is 17.6 Å². The van der Waals surface area contributed by atoms with Gasteiger partial charge in [0.15, 0.2) is 5.13 Å². The lowest BCUT2D eigenvalue weighted by Gasteiger charge is -2.35. The van der Waals surface area contributed by atoms with Gasteiger partial charge in [-0.2, -0.15) is 0 Å². The molecule has 1 aliphatic heterocycles. The second-order valence-electron chi connectivity index (χ2n) is 7.75. The van der Waals surface area contributed by atoms with Gasteiger partial charge in [-0.1, -0.05) is 13.0 Å². The molecule has 4 rings (SSSR count). The summed E-state index contributed by atoms with van der Waals surface area (Å²) in [6.07, 6.45) is 3.33. The quantitative estimate of drug-likeness (QED) is 0.836. The molecule has 1 N–H and O–H groups in total. The number of ether oxygens (including phenoxy) is 1. The molecule has 2 aliphatic rings. The second-order valence-corrected chi connectivity index (χ2v) is 8.83. The molecule has 150 valence electrons. The lowest BCUT2D eigenvalue weighted by Crippen LogP contribution is -2.48. The van der Waals surface area contributed by atoms with Crippen molar-refractivity contribution in [3.8, 4) is 5.75 Å². The molecular formula is C21H28N4O2S. The van der Waals surface area contributed by atoms with E-state index < -0.39 is 0 Å². The van der Waals surface area contributed by atoms with E-state index in [0.29, 0.717) is 6.54 Å². The minimum Gasteiger partial charge on any atom is -0.497 e. The number of carbonyl (C=O) groups is 1. The number of benzene rings is 1. The Morgan fingerprint density at radius 3 is 2.93 bits per heavy atom. The molecule has 1 amide bonds. The van der Waals surface area contributed by atoms with E-state index in [1.165, 1.54) is 22.7 Å². The van der Waals surface area contributed by atoms with Crippen molar-refractivity contribution in [2.45, 2.75) is 26.2 Å². The van der Waals surface area contributed by atoms with E-state index in [2.05, 4.69) is 39.2 Å². The lowest BCUT2D eigenvalue weighted by atomic mass is 9.93. The average molecular weight is 401 g/mol. The van der Waals surface area contributed by atoms with Gasteiger partial charge in [-0.3, -0.25) is 9.69 Å². The van der Waals surface area contributed by atoms with E-state index >= 15 is 0 Å². The number of piperazine rings is 1. The Hall–Kier alpha value is -2.12. The summed E-state index contributed by atoms with van der Waals surface area (Å²) in [7, 11) is 1.69. The van der Waals surface area contributed by atoms with Crippen molar-refractivity contribution in [2.75, 3.05) is 50.1 Å². The molecule has 1 aromatic carbocycles. The highest BCUT2D eigenvalue weighted by Crippen LogP contribution is 2.32. The summed E-state index contributed by atoms with van der Waals surface area (Å²) in [4.78, 5) is 23.0. The van der Waals surface area contributed by atoms with Crippen molar-refractivity contribution < 1.29 is 9.53 Å². The summed E-state index contributed by atoms with van der Waals surface area (Å²) in [5.74, 6) is 1.63. The molecule has 1 saturated heterocycles. The molecule has 6 nitrogen and oxygen atoms in total. The van der Waals surface area contributed by atoms with E-state index in [1.54, 1.807) is 18.4 Å². The van der Waals surface area contributed by atoms with Gasteiger partial charge in [0.2, 0.25) is 5.91 Å². The van der Waals surface area contributed by atoms with Crippen LogP contribution >= 0.6 is 11.3 Å². The Morgan fingerprint density at radius 2 is 2.14 bits per heavy atom. The summed E-state index contributed by atoms with van der Waals surface area (Å²) in [6, 6.07) is 8.15. The zero-order chi connectivity index (χ0) is 19.5. The highest BCUT2D eigenvalue weighted by molar-refractivity contribution is 7.15. The van der Waals surface area contributed by atoms with Crippen LogP contribution in [0.1, 0.15) is 23.9 Å². The average Bonchev–Trinajstić information content (AvgIpc) is 3.09. The van der Waals surface area contributed by atoms with Gasteiger partial charge in [0.1, 0.15) is 5.75 Å². The van der Waals surface area contributed by atoms with Crippen LogP contribution in [0.2, 0.25) is 0 Å². The van der Waals surface area contributed by atoms with Crippen molar-refractivity contribution in [1.29, 1.82) is 0 Å². The molecule has 7 heteroatoms.